The van der Waals surface area contributed by atoms with Crippen molar-refractivity contribution in [2.45, 2.75) is 57.0 Å². The highest BCUT2D eigenvalue weighted by Gasteiger charge is 2.65. The maximum Gasteiger partial charge on any atom is 0.310 e. The van der Waals surface area contributed by atoms with Crippen LogP contribution in [0.15, 0.2) is 29.2 Å². The molecular formula is C15H23F5OS. The molecule has 0 aliphatic heterocycles. The third-order valence-corrected chi connectivity index (χ3v) is 4.44. The molecular weight excluding hydrogens is 323 g/mol. The van der Waals surface area contributed by atoms with E-state index < -0.39 is 15.1 Å². The summed E-state index contributed by atoms with van der Waals surface area (Å²) in [4.78, 5) is -1.86. The van der Waals surface area contributed by atoms with E-state index in [9.17, 15) is 19.4 Å². The first-order chi connectivity index (χ1) is 10.0. The zero-order valence-electron chi connectivity index (χ0n) is 12.7. The predicted octanol–water partition coefficient (Wildman–Crippen LogP) is 7.22. The molecule has 0 fully saturated rings. The van der Waals surface area contributed by atoms with E-state index in [1.54, 1.807) is 0 Å². The van der Waals surface area contributed by atoms with Crippen molar-refractivity contribution in [3.8, 4) is 0 Å². The molecule has 7 heteroatoms. The van der Waals surface area contributed by atoms with Gasteiger partial charge >= 0.3 is 10.2 Å². The van der Waals surface area contributed by atoms with Crippen molar-refractivity contribution in [3.05, 3.63) is 29.8 Å². The van der Waals surface area contributed by atoms with E-state index in [0.717, 1.165) is 31.4 Å². The second-order valence-electron chi connectivity index (χ2n) is 5.43. The van der Waals surface area contributed by atoms with Crippen LogP contribution < -0.4 is 0 Å². The quantitative estimate of drug-likeness (QED) is 0.321. The SMILES string of the molecule is CCCCCCCCOCc1ccc(S(F)(F)(F)(F)F)cc1. The minimum absolute atomic E-state index is 0.134. The van der Waals surface area contributed by atoms with Gasteiger partial charge in [0.1, 0.15) is 4.90 Å². The van der Waals surface area contributed by atoms with Crippen LogP contribution in [0.25, 0.3) is 0 Å². The summed E-state index contributed by atoms with van der Waals surface area (Å²) in [5.74, 6) is 0. The molecule has 0 N–H and O–H groups in total. The van der Waals surface area contributed by atoms with Crippen LogP contribution in [0.5, 0.6) is 0 Å². The Labute approximate surface area is 128 Å². The summed E-state index contributed by atoms with van der Waals surface area (Å²) in [5.41, 5.74) is 0.455. The monoisotopic (exact) mass is 346 g/mol. The smallest absolute Gasteiger partial charge is 0.310 e. The summed E-state index contributed by atoms with van der Waals surface area (Å²) in [6.07, 6.45) is 6.71. The third-order valence-electron chi connectivity index (χ3n) is 3.28. The van der Waals surface area contributed by atoms with E-state index in [0.29, 0.717) is 24.3 Å². The largest absolute Gasteiger partial charge is 0.377 e. The molecule has 0 saturated heterocycles. The highest BCUT2D eigenvalue weighted by atomic mass is 32.5. The Bertz CT molecular complexity index is 454. The molecule has 0 saturated carbocycles. The molecule has 1 nitrogen and oxygen atoms in total. The molecule has 0 spiro atoms. The highest BCUT2D eigenvalue weighted by Crippen LogP contribution is 3.02. The lowest BCUT2D eigenvalue weighted by Gasteiger charge is -2.40. The Morgan fingerprint density at radius 1 is 0.818 bits per heavy atom. The van der Waals surface area contributed by atoms with Crippen molar-refractivity contribution < 1.29 is 24.2 Å². The first-order valence-electron chi connectivity index (χ1n) is 7.44. The van der Waals surface area contributed by atoms with Crippen molar-refractivity contribution in [3.63, 3.8) is 0 Å². The van der Waals surface area contributed by atoms with Crippen LogP contribution in [0.4, 0.5) is 19.4 Å². The van der Waals surface area contributed by atoms with Crippen molar-refractivity contribution in [1.29, 1.82) is 0 Å². The Morgan fingerprint density at radius 2 is 1.36 bits per heavy atom. The fraction of sp³-hybridized carbons (Fsp3) is 0.600. The van der Waals surface area contributed by atoms with Crippen molar-refractivity contribution in [1.82, 2.24) is 0 Å². The standard InChI is InChI=1S/C15H23F5OS/c1-2-3-4-5-6-7-12-21-13-14-8-10-15(11-9-14)22(16,17,18,19)20/h8-11H,2-7,12-13H2,1H3. The number of unbranched alkanes of at least 4 members (excludes halogenated alkanes) is 5. The molecule has 0 radical (unpaired) electrons. The maximum atomic E-state index is 12.5. The number of halogens is 5. The molecule has 1 aromatic rings. The molecule has 130 valence electrons. The molecule has 0 atom stereocenters. The average Bonchev–Trinajstić information content (AvgIpc) is 2.40. The van der Waals surface area contributed by atoms with E-state index >= 15 is 0 Å². The zero-order valence-corrected chi connectivity index (χ0v) is 13.5. The lowest BCUT2D eigenvalue weighted by molar-refractivity contribution is 0.116. The fourth-order valence-electron chi connectivity index (χ4n) is 2.02. The first kappa shape index (κ1) is 19.2. The van der Waals surface area contributed by atoms with Crippen LogP contribution in [-0.4, -0.2) is 6.61 Å². The predicted molar refractivity (Wildman–Crippen MR) is 80.9 cm³/mol. The third kappa shape index (κ3) is 7.45. The summed E-state index contributed by atoms with van der Waals surface area (Å²) >= 11 is 0. The molecule has 0 aliphatic carbocycles. The molecule has 1 aromatic carbocycles. The van der Waals surface area contributed by atoms with Crippen LogP contribution in [0.1, 0.15) is 51.0 Å². The van der Waals surface area contributed by atoms with Crippen LogP contribution in [0.2, 0.25) is 0 Å². The van der Waals surface area contributed by atoms with Gasteiger partial charge < -0.3 is 4.74 Å². The summed E-state index contributed by atoms with van der Waals surface area (Å²) < 4.78 is 68.0. The van der Waals surface area contributed by atoms with Crippen LogP contribution in [-0.2, 0) is 11.3 Å². The summed E-state index contributed by atoms with van der Waals surface area (Å²) in [7, 11) is -9.56. The minimum atomic E-state index is -9.56. The second-order valence-corrected chi connectivity index (χ2v) is 7.84. The Morgan fingerprint density at radius 3 is 1.91 bits per heavy atom. The van der Waals surface area contributed by atoms with Gasteiger partial charge in [0.25, 0.3) is 0 Å². The van der Waals surface area contributed by atoms with Gasteiger partial charge in [-0.3, -0.25) is 0 Å². The topological polar surface area (TPSA) is 9.23 Å². The van der Waals surface area contributed by atoms with E-state index in [1.165, 1.54) is 19.3 Å². The number of rotatable bonds is 10. The van der Waals surface area contributed by atoms with Gasteiger partial charge in [-0.15, -0.1) is 0 Å². The molecule has 22 heavy (non-hydrogen) atoms. The van der Waals surface area contributed by atoms with Gasteiger partial charge in [-0.2, -0.15) is 0 Å². The normalized spacial score (nSPS) is 15.4. The van der Waals surface area contributed by atoms with E-state index in [-0.39, 0.29) is 6.61 Å². The number of hydrogen-bond acceptors (Lipinski definition) is 1. The summed E-state index contributed by atoms with van der Waals surface area (Å²) in [6, 6.07) is 2.92. The Kier molecular flexibility index (Phi) is 5.89. The molecule has 0 amide bonds. The minimum Gasteiger partial charge on any atom is -0.377 e. The van der Waals surface area contributed by atoms with E-state index in [4.69, 9.17) is 4.74 Å². The first-order valence-corrected chi connectivity index (χ1v) is 9.39. The van der Waals surface area contributed by atoms with Crippen molar-refractivity contribution in [2.75, 3.05) is 6.61 Å². The van der Waals surface area contributed by atoms with Gasteiger partial charge in [-0.1, -0.05) is 70.6 Å². The van der Waals surface area contributed by atoms with Gasteiger partial charge in [-0.05, 0) is 24.1 Å². The molecule has 0 unspecified atom stereocenters. The summed E-state index contributed by atoms with van der Waals surface area (Å²) in [5, 5.41) is 0. The van der Waals surface area contributed by atoms with Gasteiger partial charge in [-0.25, -0.2) is 0 Å². The Balaban J connectivity index is 2.32. The molecule has 0 heterocycles. The van der Waals surface area contributed by atoms with Gasteiger partial charge in [0.15, 0.2) is 0 Å². The average molecular weight is 346 g/mol. The van der Waals surface area contributed by atoms with Gasteiger partial charge in [0, 0.05) is 6.61 Å². The van der Waals surface area contributed by atoms with E-state index in [2.05, 4.69) is 6.92 Å². The van der Waals surface area contributed by atoms with Crippen LogP contribution >= 0.6 is 10.2 Å². The van der Waals surface area contributed by atoms with Gasteiger partial charge in [0.05, 0.1) is 6.61 Å². The second kappa shape index (κ2) is 6.74. The van der Waals surface area contributed by atoms with Gasteiger partial charge in [0.2, 0.25) is 0 Å². The number of hydrogen-bond donors (Lipinski definition) is 0. The summed E-state index contributed by atoms with van der Waals surface area (Å²) in [6.45, 7) is 2.80. The molecule has 0 bridgehead atoms. The molecule has 0 aromatic heterocycles. The lowest BCUT2D eigenvalue weighted by atomic mass is 10.1. The van der Waals surface area contributed by atoms with E-state index in [1.807, 2.05) is 0 Å². The highest BCUT2D eigenvalue weighted by molar-refractivity contribution is 8.45. The molecule has 1 rings (SSSR count). The van der Waals surface area contributed by atoms with Crippen molar-refractivity contribution in [2.24, 2.45) is 0 Å². The number of ether oxygens (including phenoxy) is 1. The van der Waals surface area contributed by atoms with Crippen LogP contribution in [0.3, 0.4) is 0 Å². The Hall–Kier alpha value is -0.820. The lowest BCUT2D eigenvalue weighted by Crippen LogP contribution is -2.06. The molecule has 0 aliphatic rings. The van der Waals surface area contributed by atoms with Crippen LogP contribution in [0, 0.1) is 0 Å². The fourth-order valence-corrected chi connectivity index (χ4v) is 2.67. The maximum absolute atomic E-state index is 12.5. The zero-order chi connectivity index (χ0) is 16.8. The van der Waals surface area contributed by atoms with Crippen molar-refractivity contribution >= 4 is 10.2 Å². The number of benzene rings is 1.